The van der Waals surface area contributed by atoms with Crippen molar-refractivity contribution in [2.75, 3.05) is 0 Å². The number of aliphatic imine (C=N–C) groups is 2. The molecule has 0 aliphatic carbocycles. The van der Waals surface area contributed by atoms with Gasteiger partial charge in [0, 0.05) is 28.5 Å². The van der Waals surface area contributed by atoms with Crippen molar-refractivity contribution in [1.29, 1.82) is 0 Å². The minimum atomic E-state index is 0.444. The van der Waals surface area contributed by atoms with Gasteiger partial charge in [-0.3, -0.25) is 4.99 Å². The molecule has 0 amide bonds. The largest absolute Gasteiger partial charge is 0.355 e. The van der Waals surface area contributed by atoms with Crippen molar-refractivity contribution in [2.24, 2.45) is 9.98 Å². The number of H-pyrrole nitrogens is 1. The third-order valence-corrected chi connectivity index (χ3v) is 5.33. The van der Waals surface area contributed by atoms with E-state index in [-0.39, 0.29) is 0 Å². The summed E-state index contributed by atoms with van der Waals surface area (Å²) in [5.74, 6) is 0. The van der Waals surface area contributed by atoms with E-state index in [1.807, 2.05) is 0 Å². The maximum atomic E-state index is 4.95. The van der Waals surface area contributed by atoms with E-state index >= 15 is 0 Å². The average Bonchev–Trinajstić information content (AvgIpc) is 3.32. The molecule has 4 nitrogen and oxygen atoms in total. The van der Waals surface area contributed by atoms with Gasteiger partial charge in [-0.15, -0.1) is 0 Å². The quantitative estimate of drug-likeness (QED) is 0.750. The molecule has 2 N–H and O–H groups in total. The Hall–Kier alpha value is -2.20. The molecule has 4 aliphatic heterocycles. The minimum Gasteiger partial charge on any atom is -0.355 e. The summed E-state index contributed by atoms with van der Waals surface area (Å²) in [4.78, 5) is 13.1. The summed E-state index contributed by atoms with van der Waals surface area (Å²) in [6.45, 7) is 0. The lowest BCUT2D eigenvalue weighted by Crippen LogP contribution is -2.30. The molecule has 0 aromatic carbocycles. The molecule has 8 bridgehead atoms. The zero-order chi connectivity index (χ0) is 15.9. The van der Waals surface area contributed by atoms with E-state index in [2.05, 4.69) is 52.8 Å². The predicted molar refractivity (Wildman–Crippen MR) is 98.7 cm³/mol. The second-order valence-corrected chi connectivity index (χ2v) is 7.22. The summed E-state index contributed by atoms with van der Waals surface area (Å²) < 4.78 is 0. The Morgan fingerprint density at radius 1 is 1.00 bits per heavy atom. The SMILES string of the molecule is C1=C/C2=C/C3CCC(CC4CCC(=N4)/C=c4/cc/c([nH]4)=C/C1=N2)N3. The zero-order valence-corrected chi connectivity index (χ0v) is 13.7. The van der Waals surface area contributed by atoms with Crippen LogP contribution in [0.2, 0.25) is 0 Å². The van der Waals surface area contributed by atoms with Crippen molar-refractivity contribution in [3.63, 3.8) is 0 Å². The molecule has 122 valence electrons. The molecule has 1 saturated heterocycles. The zero-order valence-electron chi connectivity index (χ0n) is 13.7. The topological polar surface area (TPSA) is 52.5 Å². The number of hydrogen-bond donors (Lipinski definition) is 2. The molecule has 5 rings (SSSR count). The number of allylic oxidation sites excluding steroid dienone is 2. The van der Waals surface area contributed by atoms with Gasteiger partial charge in [0.2, 0.25) is 0 Å². The fourth-order valence-corrected chi connectivity index (χ4v) is 4.16. The predicted octanol–water partition coefficient (Wildman–Crippen LogP) is 1.60. The highest BCUT2D eigenvalue weighted by molar-refractivity contribution is 6.19. The summed E-state index contributed by atoms with van der Waals surface area (Å²) in [5, 5.41) is 5.98. The van der Waals surface area contributed by atoms with Crippen molar-refractivity contribution in [3.05, 3.63) is 46.8 Å². The van der Waals surface area contributed by atoms with E-state index in [1.165, 1.54) is 25.0 Å². The summed E-state index contributed by atoms with van der Waals surface area (Å²) in [6, 6.07) is 5.74. The van der Waals surface area contributed by atoms with Crippen LogP contribution in [-0.4, -0.2) is 34.5 Å². The molecule has 5 heterocycles. The molecule has 0 spiro atoms. The van der Waals surface area contributed by atoms with Crippen LogP contribution in [0.15, 0.2) is 46.0 Å². The van der Waals surface area contributed by atoms with E-state index in [4.69, 9.17) is 9.98 Å². The molecular formula is C20H22N4. The van der Waals surface area contributed by atoms with Gasteiger partial charge in [0.05, 0.1) is 17.5 Å². The number of nitrogens with zero attached hydrogens (tertiary/aromatic N) is 2. The van der Waals surface area contributed by atoms with Crippen molar-refractivity contribution >= 4 is 23.6 Å². The first-order valence-corrected chi connectivity index (χ1v) is 9.00. The van der Waals surface area contributed by atoms with Crippen molar-refractivity contribution in [1.82, 2.24) is 10.3 Å². The molecule has 3 atom stereocenters. The van der Waals surface area contributed by atoms with Crippen LogP contribution in [0.1, 0.15) is 32.1 Å². The standard InChI is InChI=1S/C20H22N4/c1-2-14-10-16-5-6-18(23-16)12-20-8-7-19(24-20)11-17-4-3-15(22-17)9-13(1)21-14/h1-4,9-11,16,18,20,22-23H,5-8,12H2/b14-10-,15-9-,17-11-. The molecule has 4 heteroatoms. The first-order chi connectivity index (χ1) is 11.8. The van der Waals surface area contributed by atoms with Crippen LogP contribution in [-0.2, 0) is 0 Å². The van der Waals surface area contributed by atoms with E-state index < -0.39 is 0 Å². The molecule has 3 unspecified atom stereocenters. The molecule has 4 aliphatic rings. The summed E-state index contributed by atoms with van der Waals surface area (Å²) in [7, 11) is 0. The smallest absolute Gasteiger partial charge is 0.0658 e. The lowest BCUT2D eigenvalue weighted by molar-refractivity contribution is 0.478. The van der Waals surface area contributed by atoms with Crippen LogP contribution in [0.25, 0.3) is 12.2 Å². The number of aromatic amines is 1. The Kier molecular flexibility index (Phi) is 3.37. The van der Waals surface area contributed by atoms with Gasteiger partial charge in [-0.05, 0) is 74.6 Å². The summed E-state index contributed by atoms with van der Waals surface area (Å²) in [5.41, 5.74) is 3.32. The first-order valence-electron chi connectivity index (χ1n) is 9.00. The van der Waals surface area contributed by atoms with E-state index in [9.17, 15) is 0 Å². The van der Waals surface area contributed by atoms with E-state index in [0.29, 0.717) is 18.1 Å². The second kappa shape index (κ2) is 5.71. The van der Waals surface area contributed by atoms with Gasteiger partial charge in [-0.25, -0.2) is 4.99 Å². The molecule has 24 heavy (non-hydrogen) atoms. The fourth-order valence-electron chi connectivity index (χ4n) is 4.16. The second-order valence-electron chi connectivity index (χ2n) is 7.22. The molecular weight excluding hydrogens is 296 g/mol. The van der Waals surface area contributed by atoms with E-state index in [0.717, 1.165) is 34.9 Å². The van der Waals surface area contributed by atoms with Crippen LogP contribution < -0.4 is 16.0 Å². The normalized spacial score (nSPS) is 36.2. The highest BCUT2D eigenvalue weighted by Gasteiger charge is 2.27. The Labute approximate surface area is 141 Å². The molecule has 1 aromatic heterocycles. The Morgan fingerprint density at radius 3 is 2.88 bits per heavy atom. The van der Waals surface area contributed by atoms with Gasteiger partial charge in [0.1, 0.15) is 0 Å². The van der Waals surface area contributed by atoms with E-state index in [1.54, 1.807) is 0 Å². The van der Waals surface area contributed by atoms with Crippen molar-refractivity contribution in [3.8, 4) is 0 Å². The number of hydrogen-bond acceptors (Lipinski definition) is 3. The van der Waals surface area contributed by atoms with Crippen LogP contribution in [0.4, 0.5) is 0 Å². The van der Waals surface area contributed by atoms with Gasteiger partial charge in [-0.2, -0.15) is 0 Å². The van der Waals surface area contributed by atoms with Crippen LogP contribution in [0.5, 0.6) is 0 Å². The summed E-state index contributed by atoms with van der Waals surface area (Å²) in [6.07, 6.45) is 16.7. The van der Waals surface area contributed by atoms with Crippen molar-refractivity contribution in [2.45, 2.75) is 50.2 Å². The minimum absolute atomic E-state index is 0.444. The van der Waals surface area contributed by atoms with Gasteiger partial charge < -0.3 is 10.3 Å². The monoisotopic (exact) mass is 318 g/mol. The van der Waals surface area contributed by atoms with Crippen molar-refractivity contribution < 1.29 is 0 Å². The van der Waals surface area contributed by atoms with Crippen LogP contribution in [0.3, 0.4) is 0 Å². The third-order valence-electron chi connectivity index (χ3n) is 5.33. The number of fused-ring (bicyclic) bond motifs is 6. The fraction of sp³-hybridized carbons (Fsp3) is 0.400. The highest BCUT2D eigenvalue weighted by atomic mass is 15.0. The Bertz CT molecular complexity index is 896. The van der Waals surface area contributed by atoms with Gasteiger partial charge in [0.15, 0.2) is 0 Å². The van der Waals surface area contributed by atoms with Crippen LogP contribution >= 0.6 is 0 Å². The van der Waals surface area contributed by atoms with Crippen LogP contribution in [0, 0.1) is 0 Å². The number of aromatic nitrogens is 1. The molecule has 1 fully saturated rings. The van der Waals surface area contributed by atoms with Gasteiger partial charge in [-0.1, -0.05) is 0 Å². The first kappa shape index (κ1) is 14.2. The van der Waals surface area contributed by atoms with Gasteiger partial charge >= 0.3 is 0 Å². The van der Waals surface area contributed by atoms with Gasteiger partial charge in [0.25, 0.3) is 0 Å². The highest BCUT2D eigenvalue weighted by Crippen LogP contribution is 2.25. The molecule has 0 saturated carbocycles. The number of rotatable bonds is 0. The lowest BCUT2D eigenvalue weighted by Gasteiger charge is -2.15. The average molecular weight is 318 g/mol. The summed E-state index contributed by atoms with van der Waals surface area (Å²) >= 11 is 0. The Morgan fingerprint density at radius 2 is 1.92 bits per heavy atom. The maximum Gasteiger partial charge on any atom is 0.0658 e. The Balaban J connectivity index is 1.57. The number of nitrogens with one attached hydrogen (secondary N) is 2. The lowest BCUT2D eigenvalue weighted by atomic mass is 10.0. The molecule has 0 radical (unpaired) electrons. The third kappa shape index (κ3) is 2.82. The molecule has 1 aromatic rings. The maximum absolute atomic E-state index is 4.95.